The molecule has 47 heavy (non-hydrogen) atoms. The number of rotatable bonds is 7. The van der Waals surface area contributed by atoms with Gasteiger partial charge in [0.05, 0.1) is 0 Å². The van der Waals surface area contributed by atoms with Crippen LogP contribution in [0.25, 0.3) is 43.8 Å². The maximum absolute atomic E-state index is 2.34. The van der Waals surface area contributed by atoms with Gasteiger partial charge < -0.3 is 9.80 Å². The van der Waals surface area contributed by atoms with E-state index in [-0.39, 0.29) is 0 Å². The standard InChI is InChI=1S/C45H34N2/c1-46(45-17-9-15-38-13-7-8-16-44(38)45)40-25-18-36(19-26-40)37-22-29-42(30-23-37)47(43-31-24-34-12-5-6-14-39(34)32-43)41-27-20-35(21-28-41)33-10-3-2-4-11-33/h2-32H,1H3. The third-order valence-electron chi connectivity index (χ3n) is 9.07. The summed E-state index contributed by atoms with van der Waals surface area (Å²) in [5.74, 6) is 0. The van der Waals surface area contributed by atoms with Gasteiger partial charge in [0, 0.05) is 40.9 Å². The Morgan fingerprint density at radius 2 is 0.787 bits per heavy atom. The molecule has 0 aliphatic heterocycles. The van der Waals surface area contributed by atoms with Crippen LogP contribution < -0.4 is 9.80 Å². The molecule has 0 bridgehead atoms. The van der Waals surface area contributed by atoms with Gasteiger partial charge in [-0.15, -0.1) is 0 Å². The van der Waals surface area contributed by atoms with Crippen molar-refractivity contribution in [3.05, 3.63) is 188 Å². The van der Waals surface area contributed by atoms with E-state index in [0.717, 1.165) is 22.7 Å². The highest BCUT2D eigenvalue weighted by Gasteiger charge is 2.14. The Labute approximate surface area is 276 Å². The fourth-order valence-corrected chi connectivity index (χ4v) is 6.52. The van der Waals surface area contributed by atoms with Crippen molar-refractivity contribution in [3.8, 4) is 22.3 Å². The summed E-state index contributed by atoms with van der Waals surface area (Å²) in [6, 6.07) is 67.4. The zero-order chi connectivity index (χ0) is 31.6. The molecule has 0 unspecified atom stereocenters. The number of hydrogen-bond acceptors (Lipinski definition) is 2. The van der Waals surface area contributed by atoms with Crippen molar-refractivity contribution in [2.45, 2.75) is 0 Å². The van der Waals surface area contributed by atoms with Crippen LogP contribution in [-0.4, -0.2) is 7.05 Å². The summed E-state index contributed by atoms with van der Waals surface area (Å²) < 4.78 is 0. The Morgan fingerprint density at radius 1 is 0.319 bits per heavy atom. The van der Waals surface area contributed by atoms with Gasteiger partial charge in [-0.05, 0) is 93.0 Å². The lowest BCUT2D eigenvalue weighted by Gasteiger charge is -2.26. The Morgan fingerprint density at radius 3 is 1.43 bits per heavy atom. The van der Waals surface area contributed by atoms with Crippen LogP contribution in [-0.2, 0) is 0 Å². The van der Waals surface area contributed by atoms with Crippen molar-refractivity contribution in [1.29, 1.82) is 0 Å². The fourth-order valence-electron chi connectivity index (χ4n) is 6.52. The minimum Gasteiger partial charge on any atom is -0.344 e. The summed E-state index contributed by atoms with van der Waals surface area (Å²) in [4.78, 5) is 4.60. The molecule has 0 atom stereocenters. The van der Waals surface area contributed by atoms with Crippen molar-refractivity contribution >= 4 is 50.0 Å². The van der Waals surface area contributed by atoms with Crippen LogP contribution in [0.3, 0.4) is 0 Å². The van der Waals surface area contributed by atoms with Crippen molar-refractivity contribution < 1.29 is 0 Å². The fraction of sp³-hybridized carbons (Fsp3) is 0.0222. The van der Waals surface area contributed by atoms with Gasteiger partial charge in [0.1, 0.15) is 0 Å². The van der Waals surface area contributed by atoms with E-state index in [0.29, 0.717) is 0 Å². The second-order valence-corrected chi connectivity index (χ2v) is 11.9. The Balaban J connectivity index is 1.11. The lowest BCUT2D eigenvalue weighted by Crippen LogP contribution is -2.10. The lowest BCUT2D eigenvalue weighted by molar-refractivity contribution is 1.22. The predicted molar refractivity (Wildman–Crippen MR) is 202 cm³/mol. The van der Waals surface area contributed by atoms with E-state index in [1.807, 2.05) is 0 Å². The van der Waals surface area contributed by atoms with E-state index in [2.05, 4.69) is 205 Å². The second kappa shape index (κ2) is 12.3. The molecular formula is C45H34N2. The van der Waals surface area contributed by atoms with Gasteiger partial charge in [0.2, 0.25) is 0 Å². The van der Waals surface area contributed by atoms with Crippen molar-refractivity contribution in [2.24, 2.45) is 0 Å². The first-order valence-corrected chi connectivity index (χ1v) is 16.1. The second-order valence-electron chi connectivity index (χ2n) is 11.9. The van der Waals surface area contributed by atoms with Gasteiger partial charge in [-0.1, -0.05) is 133 Å². The van der Waals surface area contributed by atoms with Gasteiger partial charge in [-0.3, -0.25) is 0 Å². The zero-order valence-electron chi connectivity index (χ0n) is 26.3. The quantitative estimate of drug-likeness (QED) is 0.179. The Bertz CT molecular complexity index is 2280. The normalized spacial score (nSPS) is 11.1. The molecule has 8 rings (SSSR count). The molecule has 0 radical (unpaired) electrons. The number of fused-ring (bicyclic) bond motifs is 2. The van der Waals surface area contributed by atoms with Crippen molar-refractivity contribution in [3.63, 3.8) is 0 Å². The molecule has 2 nitrogen and oxygen atoms in total. The van der Waals surface area contributed by atoms with E-state index >= 15 is 0 Å². The molecule has 0 spiro atoms. The molecule has 224 valence electrons. The van der Waals surface area contributed by atoms with E-state index in [9.17, 15) is 0 Å². The Kier molecular flexibility index (Phi) is 7.45. The molecule has 0 aliphatic rings. The van der Waals surface area contributed by atoms with Gasteiger partial charge in [0.25, 0.3) is 0 Å². The molecule has 0 amide bonds. The van der Waals surface area contributed by atoms with Gasteiger partial charge in [0.15, 0.2) is 0 Å². The van der Waals surface area contributed by atoms with Crippen LogP contribution in [0.15, 0.2) is 188 Å². The monoisotopic (exact) mass is 602 g/mol. The average Bonchev–Trinajstić information content (AvgIpc) is 3.15. The summed E-state index contributed by atoms with van der Waals surface area (Å²) in [6.45, 7) is 0. The van der Waals surface area contributed by atoms with Crippen LogP contribution >= 0.6 is 0 Å². The van der Waals surface area contributed by atoms with E-state index in [1.54, 1.807) is 0 Å². The third-order valence-corrected chi connectivity index (χ3v) is 9.07. The van der Waals surface area contributed by atoms with Crippen molar-refractivity contribution in [2.75, 3.05) is 16.8 Å². The van der Waals surface area contributed by atoms with E-state index < -0.39 is 0 Å². The van der Waals surface area contributed by atoms with E-state index in [4.69, 9.17) is 0 Å². The van der Waals surface area contributed by atoms with Crippen molar-refractivity contribution in [1.82, 2.24) is 0 Å². The number of anilines is 5. The summed E-state index contributed by atoms with van der Waals surface area (Å²) in [7, 11) is 2.14. The summed E-state index contributed by atoms with van der Waals surface area (Å²) in [5, 5.41) is 4.96. The Hall–Kier alpha value is -6.12. The molecule has 0 heterocycles. The summed E-state index contributed by atoms with van der Waals surface area (Å²) >= 11 is 0. The van der Waals surface area contributed by atoms with Crippen LogP contribution in [0.2, 0.25) is 0 Å². The smallest absolute Gasteiger partial charge is 0.0487 e. The minimum atomic E-state index is 1.11. The summed E-state index contributed by atoms with van der Waals surface area (Å²) in [5.41, 5.74) is 10.5. The SMILES string of the molecule is CN(c1ccc(-c2ccc(N(c3ccc(-c4ccccc4)cc3)c3ccc4ccccc4c3)cc2)cc1)c1cccc2ccccc12. The molecular weight excluding hydrogens is 569 g/mol. The number of nitrogens with zero attached hydrogens (tertiary/aromatic N) is 2. The molecule has 0 aromatic heterocycles. The highest BCUT2D eigenvalue weighted by molar-refractivity contribution is 5.96. The number of hydrogen-bond donors (Lipinski definition) is 0. The van der Waals surface area contributed by atoms with Crippen LogP contribution in [0, 0.1) is 0 Å². The van der Waals surface area contributed by atoms with Gasteiger partial charge in [-0.25, -0.2) is 0 Å². The molecule has 8 aromatic rings. The zero-order valence-corrected chi connectivity index (χ0v) is 26.3. The maximum atomic E-state index is 2.34. The first-order valence-electron chi connectivity index (χ1n) is 16.1. The molecule has 0 saturated carbocycles. The van der Waals surface area contributed by atoms with Crippen LogP contribution in [0.5, 0.6) is 0 Å². The van der Waals surface area contributed by atoms with Crippen LogP contribution in [0.4, 0.5) is 28.4 Å². The third kappa shape index (κ3) is 5.62. The molecule has 0 saturated heterocycles. The molecule has 0 aliphatic carbocycles. The molecule has 0 N–H and O–H groups in total. The minimum absolute atomic E-state index is 1.11. The van der Waals surface area contributed by atoms with Gasteiger partial charge in [-0.2, -0.15) is 0 Å². The highest BCUT2D eigenvalue weighted by atomic mass is 15.1. The van der Waals surface area contributed by atoms with E-state index in [1.165, 1.54) is 49.5 Å². The topological polar surface area (TPSA) is 6.48 Å². The molecule has 8 aromatic carbocycles. The molecule has 2 heteroatoms. The lowest BCUT2D eigenvalue weighted by atomic mass is 10.0. The summed E-state index contributed by atoms with van der Waals surface area (Å²) in [6.07, 6.45) is 0. The maximum Gasteiger partial charge on any atom is 0.0487 e. The largest absolute Gasteiger partial charge is 0.344 e. The van der Waals surface area contributed by atoms with Gasteiger partial charge >= 0.3 is 0 Å². The average molecular weight is 603 g/mol. The predicted octanol–water partition coefficient (Wildman–Crippen LogP) is 12.6. The molecule has 0 fully saturated rings. The first-order chi connectivity index (χ1) is 23.2. The number of benzene rings is 8. The highest BCUT2D eigenvalue weighted by Crippen LogP contribution is 2.38. The van der Waals surface area contributed by atoms with Crippen LogP contribution in [0.1, 0.15) is 0 Å². The first kappa shape index (κ1) is 28.4.